The highest BCUT2D eigenvalue weighted by Crippen LogP contribution is 2.25. The van der Waals surface area contributed by atoms with Crippen molar-refractivity contribution >= 4 is 15.7 Å². The summed E-state index contributed by atoms with van der Waals surface area (Å²) >= 11 is 0. The second kappa shape index (κ2) is 5.83. The van der Waals surface area contributed by atoms with Gasteiger partial charge in [-0.1, -0.05) is 18.2 Å². The molecule has 0 unspecified atom stereocenters. The van der Waals surface area contributed by atoms with E-state index in [1.165, 1.54) is 19.2 Å². The Bertz CT molecular complexity index is 760. The maximum absolute atomic E-state index is 13.9. The van der Waals surface area contributed by atoms with Crippen LogP contribution in [0.3, 0.4) is 0 Å². The lowest BCUT2D eigenvalue weighted by Crippen LogP contribution is -2.27. The Morgan fingerprint density at radius 1 is 1.19 bits per heavy atom. The maximum Gasteiger partial charge on any atom is 0.266 e. The van der Waals surface area contributed by atoms with E-state index >= 15 is 0 Å². The normalized spacial score (nSPS) is 11.4. The van der Waals surface area contributed by atoms with Gasteiger partial charge in [-0.25, -0.2) is 12.8 Å². The topological polar surface area (TPSA) is 63.4 Å². The Hall–Kier alpha value is -1.92. The lowest BCUT2D eigenvalue weighted by atomic mass is 10.2. The van der Waals surface area contributed by atoms with Gasteiger partial charge in [0.2, 0.25) is 0 Å². The Morgan fingerprint density at radius 2 is 1.90 bits per heavy atom. The summed E-state index contributed by atoms with van der Waals surface area (Å²) in [5, 5.41) is 0. The van der Waals surface area contributed by atoms with Crippen molar-refractivity contribution in [3.8, 4) is 0 Å². The van der Waals surface area contributed by atoms with E-state index in [0.717, 1.165) is 15.9 Å². The molecule has 0 fully saturated rings. The molecule has 0 aliphatic rings. The summed E-state index contributed by atoms with van der Waals surface area (Å²) in [5.41, 5.74) is 7.45. The summed E-state index contributed by atoms with van der Waals surface area (Å²) in [6.45, 7) is 2.01. The Kier molecular flexibility index (Phi) is 4.29. The second-order valence-electron chi connectivity index (χ2n) is 4.78. The number of hydrogen-bond donors (Lipinski definition) is 1. The molecule has 0 radical (unpaired) electrons. The highest BCUT2D eigenvalue weighted by molar-refractivity contribution is 7.92. The summed E-state index contributed by atoms with van der Waals surface area (Å²) in [4.78, 5) is -0.366. The van der Waals surface area contributed by atoms with Crippen LogP contribution in [0.1, 0.15) is 11.1 Å². The lowest BCUT2D eigenvalue weighted by Gasteiger charge is -2.20. The van der Waals surface area contributed by atoms with E-state index in [1.54, 1.807) is 18.2 Å². The molecule has 0 aliphatic carbocycles. The minimum Gasteiger partial charge on any atom is -0.326 e. The van der Waals surface area contributed by atoms with Crippen LogP contribution in [0.2, 0.25) is 0 Å². The van der Waals surface area contributed by atoms with Gasteiger partial charge in [-0.15, -0.1) is 0 Å². The molecule has 6 heteroatoms. The second-order valence-corrected chi connectivity index (χ2v) is 6.72. The summed E-state index contributed by atoms with van der Waals surface area (Å²) in [6.07, 6.45) is 0. The van der Waals surface area contributed by atoms with E-state index in [-0.39, 0.29) is 11.4 Å². The fourth-order valence-electron chi connectivity index (χ4n) is 1.98. The number of rotatable bonds is 4. The van der Waals surface area contributed by atoms with Crippen molar-refractivity contribution in [3.63, 3.8) is 0 Å². The van der Waals surface area contributed by atoms with Crippen molar-refractivity contribution in [1.82, 2.24) is 0 Å². The Balaban J connectivity index is 2.51. The average molecular weight is 308 g/mol. The van der Waals surface area contributed by atoms with Gasteiger partial charge in [0, 0.05) is 13.6 Å². The number of sulfonamides is 1. The van der Waals surface area contributed by atoms with Crippen LogP contribution >= 0.6 is 0 Å². The molecule has 0 saturated heterocycles. The first kappa shape index (κ1) is 15.5. The SMILES string of the molecule is Cc1cccc(N(C)S(=O)(=O)c2cc(CN)ccc2F)c1. The Morgan fingerprint density at radius 3 is 2.52 bits per heavy atom. The van der Waals surface area contributed by atoms with E-state index in [4.69, 9.17) is 5.73 Å². The first-order valence-electron chi connectivity index (χ1n) is 6.40. The molecule has 0 saturated carbocycles. The van der Waals surface area contributed by atoms with E-state index < -0.39 is 15.8 Å². The molecule has 0 bridgehead atoms. The zero-order valence-electron chi connectivity index (χ0n) is 11.9. The standard InChI is InChI=1S/C15H17FN2O2S/c1-11-4-3-5-13(8-11)18(2)21(19,20)15-9-12(10-17)6-7-14(15)16/h3-9H,10,17H2,1-2H3. The number of anilines is 1. The third kappa shape index (κ3) is 3.06. The fraction of sp³-hybridized carbons (Fsp3) is 0.200. The van der Waals surface area contributed by atoms with Crippen molar-refractivity contribution in [3.05, 3.63) is 59.4 Å². The molecule has 0 spiro atoms. The molecule has 0 amide bonds. The van der Waals surface area contributed by atoms with Crippen LogP contribution in [-0.2, 0) is 16.6 Å². The van der Waals surface area contributed by atoms with Gasteiger partial charge in [0.1, 0.15) is 10.7 Å². The van der Waals surface area contributed by atoms with Gasteiger partial charge in [-0.05, 0) is 42.3 Å². The quantitative estimate of drug-likeness (QED) is 0.943. The smallest absolute Gasteiger partial charge is 0.266 e. The molecule has 2 aromatic carbocycles. The van der Waals surface area contributed by atoms with Crippen molar-refractivity contribution < 1.29 is 12.8 Å². The minimum absolute atomic E-state index is 0.150. The van der Waals surface area contributed by atoms with Gasteiger partial charge in [-0.3, -0.25) is 4.31 Å². The molecule has 2 N–H and O–H groups in total. The van der Waals surface area contributed by atoms with Crippen LogP contribution in [0.4, 0.5) is 10.1 Å². The number of halogens is 1. The molecule has 112 valence electrons. The molecule has 0 heterocycles. The van der Waals surface area contributed by atoms with Gasteiger partial charge in [0.05, 0.1) is 5.69 Å². The number of hydrogen-bond acceptors (Lipinski definition) is 3. The number of aryl methyl sites for hydroxylation is 1. The van der Waals surface area contributed by atoms with Gasteiger partial charge in [-0.2, -0.15) is 0 Å². The number of benzene rings is 2. The highest BCUT2D eigenvalue weighted by atomic mass is 32.2. The van der Waals surface area contributed by atoms with Gasteiger partial charge in [0.15, 0.2) is 0 Å². The number of nitrogens with zero attached hydrogens (tertiary/aromatic N) is 1. The van der Waals surface area contributed by atoms with Gasteiger partial charge in [0.25, 0.3) is 10.0 Å². The van der Waals surface area contributed by atoms with Crippen LogP contribution < -0.4 is 10.0 Å². The van der Waals surface area contributed by atoms with Crippen molar-refractivity contribution in [2.24, 2.45) is 5.73 Å². The summed E-state index contributed by atoms with van der Waals surface area (Å²) < 4.78 is 40.1. The van der Waals surface area contributed by atoms with Crippen LogP contribution in [0, 0.1) is 12.7 Å². The van der Waals surface area contributed by atoms with E-state index in [1.807, 2.05) is 13.0 Å². The fourth-order valence-corrected chi connectivity index (χ4v) is 3.28. The molecule has 0 aromatic heterocycles. The summed E-state index contributed by atoms with van der Waals surface area (Å²) in [5.74, 6) is -0.785. The van der Waals surface area contributed by atoms with Crippen LogP contribution in [0.25, 0.3) is 0 Å². The van der Waals surface area contributed by atoms with E-state index in [2.05, 4.69) is 0 Å². The summed E-state index contributed by atoms with van der Waals surface area (Å²) in [7, 11) is -2.57. The third-order valence-electron chi connectivity index (χ3n) is 3.24. The molecular formula is C15H17FN2O2S. The molecular weight excluding hydrogens is 291 g/mol. The van der Waals surface area contributed by atoms with E-state index in [0.29, 0.717) is 11.3 Å². The average Bonchev–Trinajstić information content (AvgIpc) is 2.46. The zero-order valence-corrected chi connectivity index (χ0v) is 12.7. The highest BCUT2D eigenvalue weighted by Gasteiger charge is 2.25. The minimum atomic E-state index is -3.97. The van der Waals surface area contributed by atoms with Gasteiger partial charge >= 0.3 is 0 Å². The van der Waals surface area contributed by atoms with Crippen LogP contribution in [0.5, 0.6) is 0 Å². The summed E-state index contributed by atoms with van der Waals surface area (Å²) in [6, 6.07) is 10.9. The Labute approximate surface area is 124 Å². The largest absolute Gasteiger partial charge is 0.326 e. The monoisotopic (exact) mass is 308 g/mol. The lowest BCUT2D eigenvalue weighted by molar-refractivity contribution is 0.565. The van der Waals surface area contributed by atoms with Crippen LogP contribution in [0.15, 0.2) is 47.4 Å². The maximum atomic E-state index is 13.9. The first-order chi connectivity index (χ1) is 9.86. The van der Waals surface area contributed by atoms with E-state index in [9.17, 15) is 12.8 Å². The predicted molar refractivity (Wildman–Crippen MR) is 81.1 cm³/mol. The molecule has 4 nitrogen and oxygen atoms in total. The molecule has 21 heavy (non-hydrogen) atoms. The molecule has 2 aromatic rings. The first-order valence-corrected chi connectivity index (χ1v) is 7.84. The zero-order chi connectivity index (χ0) is 15.6. The van der Waals surface area contributed by atoms with Crippen molar-refractivity contribution in [2.45, 2.75) is 18.4 Å². The third-order valence-corrected chi connectivity index (χ3v) is 5.04. The van der Waals surface area contributed by atoms with Crippen molar-refractivity contribution in [2.75, 3.05) is 11.4 Å². The molecule has 0 atom stereocenters. The van der Waals surface area contributed by atoms with Crippen molar-refractivity contribution in [1.29, 1.82) is 0 Å². The molecule has 2 rings (SSSR count). The number of nitrogens with two attached hydrogens (primary N) is 1. The van der Waals surface area contributed by atoms with Gasteiger partial charge < -0.3 is 5.73 Å². The molecule has 0 aliphatic heterocycles. The van der Waals surface area contributed by atoms with Crippen LogP contribution in [-0.4, -0.2) is 15.5 Å². The predicted octanol–water partition coefficient (Wildman–Crippen LogP) is 2.42.